The monoisotopic (exact) mass is 327 g/mol. The molecule has 0 spiro atoms. The summed E-state index contributed by atoms with van der Waals surface area (Å²) in [6.07, 6.45) is 4.06. The van der Waals surface area contributed by atoms with Crippen LogP contribution in [-0.4, -0.2) is 43.1 Å². The van der Waals surface area contributed by atoms with Gasteiger partial charge in [0.15, 0.2) is 5.69 Å². The number of benzene rings is 1. The van der Waals surface area contributed by atoms with Gasteiger partial charge < -0.3 is 15.0 Å². The van der Waals surface area contributed by atoms with Gasteiger partial charge in [-0.25, -0.2) is 9.48 Å². The van der Waals surface area contributed by atoms with Crippen LogP contribution in [0.5, 0.6) is 0 Å². The summed E-state index contributed by atoms with van der Waals surface area (Å²) < 4.78 is 3.36. The van der Waals surface area contributed by atoms with E-state index in [1.165, 1.54) is 21.8 Å². The number of hydrogen-bond acceptors (Lipinski definition) is 4. The molecule has 124 valence electrons. The van der Waals surface area contributed by atoms with Gasteiger partial charge in [-0.2, -0.15) is 0 Å². The van der Waals surface area contributed by atoms with Crippen molar-refractivity contribution in [2.75, 3.05) is 6.54 Å². The zero-order chi connectivity index (χ0) is 16.9. The zero-order valence-electron chi connectivity index (χ0n) is 12.9. The molecule has 0 unspecified atom stereocenters. The molecule has 0 aliphatic heterocycles. The lowest BCUT2D eigenvalue weighted by molar-refractivity contribution is -0.121. The molecule has 0 aliphatic carbocycles. The second-order valence-corrected chi connectivity index (χ2v) is 5.38. The first kappa shape index (κ1) is 15.7. The maximum Gasteiger partial charge on any atom is 0.358 e. The molecule has 0 saturated heterocycles. The van der Waals surface area contributed by atoms with Crippen molar-refractivity contribution >= 4 is 22.8 Å². The second kappa shape index (κ2) is 6.95. The van der Waals surface area contributed by atoms with Crippen LogP contribution in [0, 0.1) is 0 Å². The van der Waals surface area contributed by atoms with Crippen molar-refractivity contribution in [3.8, 4) is 0 Å². The van der Waals surface area contributed by atoms with Gasteiger partial charge in [-0.3, -0.25) is 4.79 Å². The molecule has 8 nitrogen and oxygen atoms in total. The maximum atomic E-state index is 11.8. The number of amides is 1. The third-order valence-electron chi connectivity index (χ3n) is 3.64. The van der Waals surface area contributed by atoms with E-state index in [2.05, 4.69) is 38.4 Å². The highest BCUT2D eigenvalue weighted by molar-refractivity contribution is 5.84. The number of nitrogens with zero attached hydrogens (tertiary/aromatic N) is 4. The van der Waals surface area contributed by atoms with Crippen molar-refractivity contribution in [2.24, 2.45) is 0 Å². The van der Waals surface area contributed by atoms with Crippen LogP contribution in [0.25, 0.3) is 10.9 Å². The fourth-order valence-corrected chi connectivity index (χ4v) is 2.49. The number of carboxylic acid groups (broad SMARTS) is 1. The van der Waals surface area contributed by atoms with Crippen LogP contribution in [0.2, 0.25) is 0 Å². The highest BCUT2D eigenvalue weighted by Gasteiger charge is 2.10. The van der Waals surface area contributed by atoms with Crippen LogP contribution in [0.15, 0.2) is 42.7 Å². The van der Waals surface area contributed by atoms with E-state index in [0.29, 0.717) is 6.54 Å². The minimum atomic E-state index is -1.17. The number of rotatable bonds is 7. The Kier molecular flexibility index (Phi) is 4.55. The fraction of sp³-hybridized carbons (Fsp3) is 0.250. The molecule has 0 bridgehead atoms. The quantitative estimate of drug-likeness (QED) is 0.634. The maximum absolute atomic E-state index is 11.8. The van der Waals surface area contributed by atoms with E-state index >= 15 is 0 Å². The van der Waals surface area contributed by atoms with Crippen LogP contribution in [0.1, 0.15) is 16.9 Å². The summed E-state index contributed by atoms with van der Waals surface area (Å²) in [7, 11) is 0. The van der Waals surface area contributed by atoms with E-state index in [4.69, 9.17) is 5.11 Å². The first-order chi connectivity index (χ1) is 11.6. The lowest BCUT2D eigenvalue weighted by Crippen LogP contribution is -2.29. The van der Waals surface area contributed by atoms with Crippen LogP contribution in [0.3, 0.4) is 0 Å². The van der Waals surface area contributed by atoms with E-state index in [1.807, 2.05) is 18.3 Å². The lowest BCUT2D eigenvalue weighted by atomic mass is 10.2. The van der Waals surface area contributed by atoms with E-state index in [9.17, 15) is 9.59 Å². The van der Waals surface area contributed by atoms with Gasteiger partial charge in [0, 0.05) is 24.8 Å². The van der Waals surface area contributed by atoms with Gasteiger partial charge in [-0.1, -0.05) is 23.4 Å². The summed E-state index contributed by atoms with van der Waals surface area (Å²) in [6, 6.07) is 10.2. The molecule has 1 aromatic carbocycles. The number of para-hydroxylation sites is 1. The van der Waals surface area contributed by atoms with Crippen molar-refractivity contribution in [3.05, 3.63) is 48.4 Å². The predicted octanol–water partition coefficient (Wildman–Crippen LogP) is 1.14. The predicted molar refractivity (Wildman–Crippen MR) is 86.5 cm³/mol. The molecule has 3 aromatic rings. The standard InChI is InChI=1S/C16H17N5O3/c22-15(11-21-10-13(16(23)24)18-19-21)17-7-3-8-20-9-6-12-4-1-2-5-14(12)20/h1-2,4-6,9-10H,3,7-8,11H2,(H,17,22)(H,23,24). The Morgan fingerprint density at radius 1 is 1.21 bits per heavy atom. The van der Waals surface area contributed by atoms with Gasteiger partial charge in [0.25, 0.3) is 0 Å². The molecule has 0 saturated carbocycles. The first-order valence-corrected chi connectivity index (χ1v) is 7.57. The third kappa shape index (κ3) is 3.60. The summed E-state index contributed by atoms with van der Waals surface area (Å²) in [5.74, 6) is -1.39. The molecule has 2 heterocycles. The summed E-state index contributed by atoms with van der Waals surface area (Å²) in [5, 5.41) is 19.8. The molecule has 1 amide bonds. The topological polar surface area (TPSA) is 102 Å². The number of nitrogens with one attached hydrogen (secondary N) is 1. The molecular weight excluding hydrogens is 310 g/mol. The van der Waals surface area contributed by atoms with E-state index in [1.54, 1.807) is 0 Å². The summed E-state index contributed by atoms with van der Waals surface area (Å²) in [4.78, 5) is 22.5. The van der Waals surface area contributed by atoms with E-state index in [0.717, 1.165) is 13.0 Å². The SMILES string of the molecule is O=C(Cn1cc(C(=O)O)nn1)NCCCn1ccc2ccccc21. The fourth-order valence-electron chi connectivity index (χ4n) is 2.49. The Bertz CT molecular complexity index is 867. The zero-order valence-corrected chi connectivity index (χ0v) is 12.9. The molecule has 0 fully saturated rings. The number of aromatic carboxylic acids is 1. The van der Waals surface area contributed by atoms with Crippen molar-refractivity contribution in [3.63, 3.8) is 0 Å². The first-order valence-electron chi connectivity index (χ1n) is 7.57. The number of hydrogen-bond donors (Lipinski definition) is 2. The number of carboxylic acids is 1. The average molecular weight is 327 g/mol. The van der Waals surface area contributed by atoms with Crippen molar-refractivity contribution in [1.82, 2.24) is 24.9 Å². The third-order valence-corrected chi connectivity index (χ3v) is 3.64. The van der Waals surface area contributed by atoms with Gasteiger partial charge >= 0.3 is 5.97 Å². The molecule has 0 atom stereocenters. The van der Waals surface area contributed by atoms with Crippen molar-refractivity contribution < 1.29 is 14.7 Å². The molecule has 2 N–H and O–H groups in total. The lowest BCUT2D eigenvalue weighted by Gasteiger charge is -2.07. The highest BCUT2D eigenvalue weighted by atomic mass is 16.4. The highest BCUT2D eigenvalue weighted by Crippen LogP contribution is 2.15. The van der Waals surface area contributed by atoms with Crippen LogP contribution in [-0.2, 0) is 17.9 Å². The van der Waals surface area contributed by atoms with E-state index < -0.39 is 5.97 Å². The van der Waals surface area contributed by atoms with Gasteiger partial charge in [0.05, 0.1) is 6.20 Å². The summed E-state index contributed by atoms with van der Waals surface area (Å²) >= 11 is 0. The molecular formula is C16H17N5O3. The largest absolute Gasteiger partial charge is 0.476 e. The van der Waals surface area contributed by atoms with Crippen LogP contribution in [0.4, 0.5) is 0 Å². The van der Waals surface area contributed by atoms with Gasteiger partial charge in [0.1, 0.15) is 6.54 Å². The van der Waals surface area contributed by atoms with E-state index in [-0.39, 0.29) is 18.1 Å². The molecule has 0 radical (unpaired) electrons. The van der Waals surface area contributed by atoms with Crippen molar-refractivity contribution in [2.45, 2.75) is 19.5 Å². The summed E-state index contributed by atoms with van der Waals surface area (Å²) in [5.41, 5.74) is 0.995. The van der Waals surface area contributed by atoms with Gasteiger partial charge in [-0.05, 0) is 23.9 Å². The minimum Gasteiger partial charge on any atom is -0.476 e. The molecule has 2 aromatic heterocycles. The Hall–Kier alpha value is -3.16. The van der Waals surface area contributed by atoms with Crippen molar-refractivity contribution in [1.29, 1.82) is 0 Å². The van der Waals surface area contributed by atoms with Crippen LogP contribution >= 0.6 is 0 Å². The normalized spacial score (nSPS) is 10.8. The average Bonchev–Trinajstić information content (AvgIpc) is 3.19. The van der Waals surface area contributed by atoms with Gasteiger partial charge in [-0.15, -0.1) is 5.10 Å². The number of fused-ring (bicyclic) bond motifs is 1. The summed E-state index contributed by atoms with van der Waals surface area (Å²) in [6.45, 7) is 1.29. The number of aromatic nitrogens is 4. The Morgan fingerprint density at radius 2 is 2.04 bits per heavy atom. The second-order valence-electron chi connectivity index (χ2n) is 5.38. The smallest absolute Gasteiger partial charge is 0.358 e. The number of aryl methyl sites for hydroxylation is 1. The molecule has 0 aliphatic rings. The Balaban J connectivity index is 1.44. The Morgan fingerprint density at radius 3 is 2.83 bits per heavy atom. The molecule has 3 rings (SSSR count). The molecule has 24 heavy (non-hydrogen) atoms. The Labute approximate surface area is 137 Å². The number of carbonyl (C=O) groups is 2. The molecule has 8 heteroatoms. The van der Waals surface area contributed by atoms with Crippen LogP contribution < -0.4 is 5.32 Å². The minimum absolute atomic E-state index is 0.0489. The number of carbonyl (C=O) groups excluding carboxylic acids is 1. The van der Waals surface area contributed by atoms with Gasteiger partial charge in [0.2, 0.25) is 5.91 Å².